The van der Waals surface area contributed by atoms with Gasteiger partial charge in [-0.15, -0.1) is 0 Å². The number of aryl methyl sites for hydroxylation is 1. The van der Waals surface area contributed by atoms with Crippen LogP contribution in [0.25, 0.3) is 0 Å². The van der Waals surface area contributed by atoms with Crippen LogP contribution in [0, 0.1) is 12.8 Å². The van der Waals surface area contributed by atoms with Gasteiger partial charge in [-0.2, -0.15) is 0 Å². The van der Waals surface area contributed by atoms with E-state index in [0.717, 1.165) is 17.8 Å². The summed E-state index contributed by atoms with van der Waals surface area (Å²) in [7, 11) is 0. The minimum atomic E-state index is -0.195. The summed E-state index contributed by atoms with van der Waals surface area (Å²) in [5.74, 6) is 0.783. The second-order valence-corrected chi connectivity index (χ2v) is 6.10. The van der Waals surface area contributed by atoms with Crippen molar-refractivity contribution in [3.05, 3.63) is 53.3 Å². The number of hydrogen-bond donors (Lipinski definition) is 2. The standard InChI is InChI=1S/C18H24N4O/c1-12(2)11-19-18-20-13(3)10-16(22-18)17(23)21-14(4)15-8-6-5-7-9-15/h5-10,12,14H,11H2,1-4H3,(H,21,23)(H,19,20,22). The van der Waals surface area contributed by atoms with Gasteiger partial charge in [0.25, 0.3) is 5.91 Å². The molecule has 2 aromatic rings. The highest BCUT2D eigenvalue weighted by atomic mass is 16.1. The second-order valence-electron chi connectivity index (χ2n) is 6.10. The Kier molecular flexibility index (Phi) is 5.68. The van der Waals surface area contributed by atoms with Crippen molar-refractivity contribution in [3.63, 3.8) is 0 Å². The predicted octanol–water partition coefficient (Wildman–Crippen LogP) is 3.34. The lowest BCUT2D eigenvalue weighted by atomic mass is 10.1. The van der Waals surface area contributed by atoms with E-state index in [1.54, 1.807) is 6.07 Å². The van der Waals surface area contributed by atoms with E-state index in [9.17, 15) is 4.79 Å². The molecule has 0 aliphatic carbocycles. The lowest BCUT2D eigenvalue weighted by Gasteiger charge is -2.15. The first-order chi connectivity index (χ1) is 11.0. The smallest absolute Gasteiger partial charge is 0.270 e. The Morgan fingerprint density at radius 2 is 1.83 bits per heavy atom. The van der Waals surface area contributed by atoms with Gasteiger partial charge in [-0.1, -0.05) is 44.2 Å². The van der Waals surface area contributed by atoms with Crippen molar-refractivity contribution in [1.82, 2.24) is 15.3 Å². The molecule has 0 aliphatic heterocycles. The van der Waals surface area contributed by atoms with Gasteiger partial charge in [0.1, 0.15) is 5.69 Å². The van der Waals surface area contributed by atoms with Crippen LogP contribution in [0.5, 0.6) is 0 Å². The fraction of sp³-hybridized carbons (Fsp3) is 0.389. The van der Waals surface area contributed by atoms with E-state index >= 15 is 0 Å². The molecule has 2 rings (SSSR count). The summed E-state index contributed by atoms with van der Waals surface area (Å²) >= 11 is 0. The number of aromatic nitrogens is 2. The molecule has 1 atom stereocenters. The Morgan fingerprint density at radius 1 is 1.13 bits per heavy atom. The van der Waals surface area contributed by atoms with Crippen LogP contribution in [-0.2, 0) is 0 Å². The van der Waals surface area contributed by atoms with Crippen molar-refractivity contribution >= 4 is 11.9 Å². The lowest BCUT2D eigenvalue weighted by molar-refractivity contribution is 0.0934. The summed E-state index contributed by atoms with van der Waals surface area (Å²) in [5.41, 5.74) is 2.21. The monoisotopic (exact) mass is 312 g/mol. The molecule has 0 aliphatic rings. The third-order valence-electron chi connectivity index (χ3n) is 3.40. The van der Waals surface area contributed by atoms with Crippen LogP contribution in [-0.4, -0.2) is 22.4 Å². The molecule has 122 valence electrons. The van der Waals surface area contributed by atoms with E-state index in [1.807, 2.05) is 44.2 Å². The molecule has 1 heterocycles. The van der Waals surface area contributed by atoms with Crippen LogP contribution >= 0.6 is 0 Å². The van der Waals surface area contributed by atoms with Gasteiger partial charge in [-0.05, 0) is 31.4 Å². The highest BCUT2D eigenvalue weighted by molar-refractivity contribution is 5.92. The topological polar surface area (TPSA) is 66.9 Å². The Morgan fingerprint density at radius 3 is 2.48 bits per heavy atom. The second kappa shape index (κ2) is 7.72. The van der Waals surface area contributed by atoms with Gasteiger partial charge < -0.3 is 10.6 Å². The minimum absolute atomic E-state index is 0.0777. The van der Waals surface area contributed by atoms with Crippen molar-refractivity contribution in [1.29, 1.82) is 0 Å². The quantitative estimate of drug-likeness (QED) is 0.858. The predicted molar refractivity (Wildman–Crippen MR) is 92.4 cm³/mol. The molecule has 0 radical (unpaired) electrons. The van der Waals surface area contributed by atoms with Crippen LogP contribution in [0.1, 0.15) is 48.6 Å². The average molecular weight is 312 g/mol. The Hall–Kier alpha value is -2.43. The SMILES string of the molecule is Cc1cc(C(=O)NC(C)c2ccccc2)nc(NCC(C)C)n1. The zero-order valence-electron chi connectivity index (χ0n) is 14.1. The highest BCUT2D eigenvalue weighted by Gasteiger charge is 2.14. The maximum atomic E-state index is 12.4. The van der Waals surface area contributed by atoms with E-state index in [4.69, 9.17) is 0 Å². The number of amides is 1. The number of nitrogens with zero attached hydrogens (tertiary/aromatic N) is 2. The molecule has 0 saturated carbocycles. The molecule has 0 bridgehead atoms. The van der Waals surface area contributed by atoms with Gasteiger partial charge in [0.05, 0.1) is 6.04 Å². The molecule has 1 amide bonds. The normalized spacial score (nSPS) is 12.0. The number of hydrogen-bond acceptors (Lipinski definition) is 4. The third-order valence-corrected chi connectivity index (χ3v) is 3.40. The van der Waals surface area contributed by atoms with E-state index in [2.05, 4.69) is 34.4 Å². The number of nitrogens with one attached hydrogen (secondary N) is 2. The molecule has 0 spiro atoms. The first-order valence-electron chi connectivity index (χ1n) is 7.91. The van der Waals surface area contributed by atoms with E-state index in [-0.39, 0.29) is 11.9 Å². The van der Waals surface area contributed by atoms with Crippen molar-refractivity contribution < 1.29 is 4.79 Å². The first kappa shape index (κ1) is 16.9. The minimum Gasteiger partial charge on any atom is -0.354 e. The van der Waals surface area contributed by atoms with Crippen LogP contribution in [0.3, 0.4) is 0 Å². The van der Waals surface area contributed by atoms with Crippen molar-refractivity contribution in [2.24, 2.45) is 5.92 Å². The molecule has 1 aromatic carbocycles. The summed E-state index contributed by atoms with van der Waals surface area (Å²) < 4.78 is 0. The van der Waals surface area contributed by atoms with E-state index < -0.39 is 0 Å². The van der Waals surface area contributed by atoms with E-state index in [0.29, 0.717) is 17.6 Å². The van der Waals surface area contributed by atoms with Gasteiger partial charge in [0.2, 0.25) is 5.95 Å². The highest BCUT2D eigenvalue weighted by Crippen LogP contribution is 2.13. The number of anilines is 1. The molecule has 0 saturated heterocycles. The van der Waals surface area contributed by atoms with Crippen molar-refractivity contribution in [2.45, 2.75) is 33.7 Å². The fourth-order valence-corrected chi connectivity index (χ4v) is 2.15. The Labute approximate surface area is 137 Å². The van der Waals surface area contributed by atoms with Crippen LogP contribution < -0.4 is 10.6 Å². The largest absolute Gasteiger partial charge is 0.354 e. The van der Waals surface area contributed by atoms with Crippen LogP contribution in [0.15, 0.2) is 36.4 Å². The summed E-state index contributed by atoms with van der Waals surface area (Å²) in [6.45, 7) is 8.81. The molecular formula is C18H24N4O. The molecular weight excluding hydrogens is 288 g/mol. The van der Waals surface area contributed by atoms with Crippen molar-refractivity contribution in [2.75, 3.05) is 11.9 Å². The molecule has 2 N–H and O–H groups in total. The third kappa shape index (κ3) is 5.06. The number of carbonyl (C=O) groups excluding carboxylic acids is 1. The Bertz CT molecular complexity index is 655. The van der Waals surface area contributed by atoms with E-state index in [1.165, 1.54) is 0 Å². The van der Waals surface area contributed by atoms with Gasteiger partial charge in [0, 0.05) is 12.2 Å². The van der Waals surface area contributed by atoms with Crippen LogP contribution in [0.4, 0.5) is 5.95 Å². The fourth-order valence-electron chi connectivity index (χ4n) is 2.15. The maximum Gasteiger partial charge on any atom is 0.270 e. The van der Waals surface area contributed by atoms with Gasteiger partial charge >= 0.3 is 0 Å². The summed E-state index contributed by atoms with van der Waals surface area (Å²) in [5, 5.41) is 6.14. The van der Waals surface area contributed by atoms with Gasteiger partial charge in [-0.3, -0.25) is 4.79 Å². The van der Waals surface area contributed by atoms with Crippen molar-refractivity contribution in [3.8, 4) is 0 Å². The number of benzene rings is 1. The van der Waals surface area contributed by atoms with Gasteiger partial charge in [-0.25, -0.2) is 9.97 Å². The summed E-state index contributed by atoms with van der Waals surface area (Å²) in [4.78, 5) is 21.1. The lowest BCUT2D eigenvalue weighted by Crippen LogP contribution is -2.28. The zero-order chi connectivity index (χ0) is 16.8. The van der Waals surface area contributed by atoms with Gasteiger partial charge in [0.15, 0.2) is 0 Å². The molecule has 5 heteroatoms. The molecule has 0 fully saturated rings. The first-order valence-corrected chi connectivity index (χ1v) is 7.91. The summed E-state index contributed by atoms with van der Waals surface area (Å²) in [6, 6.07) is 11.5. The summed E-state index contributed by atoms with van der Waals surface area (Å²) in [6.07, 6.45) is 0. The Balaban J connectivity index is 2.09. The molecule has 1 aromatic heterocycles. The zero-order valence-corrected chi connectivity index (χ0v) is 14.1. The number of rotatable bonds is 6. The molecule has 23 heavy (non-hydrogen) atoms. The maximum absolute atomic E-state index is 12.4. The molecule has 5 nitrogen and oxygen atoms in total. The number of carbonyl (C=O) groups is 1. The average Bonchev–Trinajstić information content (AvgIpc) is 2.53. The molecule has 1 unspecified atom stereocenters. The van der Waals surface area contributed by atoms with Crippen LogP contribution in [0.2, 0.25) is 0 Å².